The zero-order valence-corrected chi connectivity index (χ0v) is 11.6. The van der Waals surface area contributed by atoms with Gasteiger partial charge in [0.05, 0.1) is 30.6 Å². The fourth-order valence-corrected chi connectivity index (χ4v) is 2.09. The zero-order valence-electron chi connectivity index (χ0n) is 11.6. The lowest BCUT2D eigenvalue weighted by molar-refractivity contribution is 0.0864. The Bertz CT molecular complexity index is 513. The van der Waals surface area contributed by atoms with E-state index in [1.165, 1.54) is 0 Å². The van der Waals surface area contributed by atoms with Crippen LogP contribution in [-0.2, 0) is 6.54 Å². The van der Waals surface area contributed by atoms with Gasteiger partial charge in [-0.25, -0.2) is 0 Å². The number of H-pyrrole nitrogens is 1. The molecule has 0 fully saturated rings. The van der Waals surface area contributed by atoms with Crippen LogP contribution in [-0.4, -0.2) is 39.2 Å². The highest BCUT2D eigenvalue weighted by molar-refractivity contribution is 5.62. The van der Waals surface area contributed by atoms with Crippen LogP contribution < -0.4 is 5.32 Å². The first-order valence-corrected chi connectivity index (χ1v) is 6.79. The van der Waals surface area contributed by atoms with E-state index in [0.717, 1.165) is 16.8 Å². The summed E-state index contributed by atoms with van der Waals surface area (Å²) in [5.41, 5.74) is 2.39. The Balaban J connectivity index is 2.14. The van der Waals surface area contributed by atoms with E-state index in [-0.39, 0.29) is 13.2 Å². The van der Waals surface area contributed by atoms with Crippen molar-refractivity contribution in [1.82, 2.24) is 15.5 Å². The number of aliphatic hydroxyl groups is 2. The van der Waals surface area contributed by atoms with Crippen molar-refractivity contribution in [2.45, 2.75) is 25.4 Å². The fourth-order valence-electron chi connectivity index (χ4n) is 2.09. The van der Waals surface area contributed by atoms with Gasteiger partial charge in [-0.15, -0.1) is 0 Å². The van der Waals surface area contributed by atoms with Gasteiger partial charge < -0.3 is 15.5 Å². The van der Waals surface area contributed by atoms with Crippen molar-refractivity contribution in [3.05, 3.63) is 42.1 Å². The number of benzene rings is 1. The predicted molar refractivity (Wildman–Crippen MR) is 78.1 cm³/mol. The second-order valence-electron chi connectivity index (χ2n) is 4.94. The van der Waals surface area contributed by atoms with E-state index in [4.69, 9.17) is 0 Å². The van der Waals surface area contributed by atoms with Gasteiger partial charge in [-0.3, -0.25) is 5.10 Å². The highest BCUT2D eigenvalue weighted by atomic mass is 16.3. The van der Waals surface area contributed by atoms with E-state index in [0.29, 0.717) is 13.0 Å². The Kier molecular flexibility index (Phi) is 4.89. The van der Waals surface area contributed by atoms with Crippen LogP contribution >= 0.6 is 0 Å². The monoisotopic (exact) mass is 275 g/mol. The standard InChI is InChI=1S/C15H21N3O2/c1-2-15(10-19,11-20)16-8-13-9-17-18-14(13)12-6-4-3-5-7-12/h3-7,9,16,19-20H,2,8,10-11H2,1H3,(H,17,18). The number of aliphatic hydroxyl groups excluding tert-OH is 2. The third-order valence-corrected chi connectivity index (χ3v) is 3.72. The largest absolute Gasteiger partial charge is 0.394 e. The molecule has 0 bridgehead atoms. The highest BCUT2D eigenvalue weighted by Gasteiger charge is 2.26. The van der Waals surface area contributed by atoms with E-state index < -0.39 is 5.54 Å². The van der Waals surface area contributed by atoms with E-state index >= 15 is 0 Å². The van der Waals surface area contributed by atoms with Crippen molar-refractivity contribution in [1.29, 1.82) is 0 Å². The van der Waals surface area contributed by atoms with Crippen LogP contribution in [0.5, 0.6) is 0 Å². The van der Waals surface area contributed by atoms with Crippen molar-refractivity contribution >= 4 is 0 Å². The summed E-state index contributed by atoms with van der Waals surface area (Å²) in [7, 11) is 0. The van der Waals surface area contributed by atoms with Gasteiger partial charge in [0.25, 0.3) is 0 Å². The normalized spacial score (nSPS) is 11.8. The number of rotatable bonds is 7. The Morgan fingerprint density at radius 3 is 2.50 bits per heavy atom. The van der Waals surface area contributed by atoms with Crippen LogP contribution in [0.4, 0.5) is 0 Å². The smallest absolute Gasteiger partial charge is 0.0695 e. The maximum Gasteiger partial charge on any atom is 0.0695 e. The van der Waals surface area contributed by atoms with E-state index in [9.17, 15) is 10.2 Å². The Morgan fingerprint density at radius 2 is 1.90 bits per heavy atom. The first kappa shape index (κ1) is 14.7. The van der Waals surface area contributed by atoms with Gasteiger partial charge in [0, 0.05) is 12.1 Å². The second kappa shape index (κ2) is 6.65. The van der Waals surface area contributed by atoms with Crippen LogP contribution in [0.3, 0.4) is 0 Å². The molecule has 0 radical (unpaired) electrons. The average molecular weight is 275 g/mol. The van der Waals surface area contributed by atoms with Crippen LogP contribution in [0.15, 0.2) is 36.5 Å². The lowest BCUT2D eigenvalue weighted by Gasteiger charge is -2.29. The quantitative estimate of drug-likeness (QED) is 0.614. The lowest BCUT2D eigenvalue weighted by atomic mass is 9.98. The summed E-state index contributed by atoms with van der Waals surface area (Å²) in [6.07, 6.45) is 2.42. The summed E-state index contributed by atoms with van der Waals surface area (Å²) < 4.78 is 0. The molecule has 0 atom stereocenters. The van der Waals surface area contributed by atoms with Crippen LogP contribution in [0, 0.1) is 0 Å². The zero-order chi connectivity index (χ0) is 14.4. The highest BCUT2D eigenvalue weighted by Crippen LogP contribution is 2.21. The fraction of sp³-hybridized carbons (Fsp3) is 0.400. The summed E-state index contributed by atoms with van der Waals surface area (Å²) in [4.78, 5) is 0. The van der Waals surface area contributed by atoms with E-state index in [1.807, 2.05) is 37.3 Å². The minimum Gasteiger partial charge on any atom is -0.394 e. The Morgan fingerprint density at radius 1 is 1.20 bits per heavy atom. The molecule has 0 aliphatic heterocycles. The van der Waals surface area contributed by atoms with E-state index in [1.54, 1.807) is 6.20 Å². The van der Waals surface area contributed by atoms with Crippen molar-refractivity contribution in [3.8, 4) is 11.3 Å². The molecule has 0 spiro atoms. The molecule has 0 saturated heterocycles. The molecule has 5 nitrogen and oxygen atoms in total. The minimum atomic E-state index is -0.648. The molecule has 0 unspecified atom stereocenters. The van der Waals surface area contributed by atoms with Crippen molar-refractivity contribution in [3.63, 3.8) is 0 Å². The number of aromatic nitrogens is 2. The molecule has 0 aliphatic carbocycles. The van der Waals surface area contributed by atoms with Crippen LogP contribution in [0.1, 0.15) is 18.9 Å². The van der Waals surface area contributed by atoms with E-state index in [2.05, 4.69) is 15.5 Å². The lowest BCUT2D eigenvalue weighted by Crippen LogP contribution is -2.50. The maximum absolute atomic E-state index is 9.45. The number of hydrogen-bond donors (Lipinski definition) is 4. The van der Waals surface area contributed by atoms with Crippen LogP contribution in [0.2, 0.25) is 0 Å². The van der Waals surface area contributed by atoms with Crippen molar-refractivity contribution in [2.75, 3.05) is 13.2 Å². The molecule has 108 valence electrons. The number of aromatic amines is 1. The minimum absolute atomic E-state index is 0.0987. The molecule has 2 aromatic rings. The van der Waals surface area contributed by atoms with Gasteiger partial charge in [-0.1, -0.05) is 37.3 Å². The molecular weight excluding hydrogens is 254 g/mol. The van der Waals surface area contributed by atoms with Crippen molar-refractivity contribution in [2.24, 2.45) is 0 Å². The molecule has 20 heavy (non-hydrogen) atoms. The van der Waals surface area contributed by atoms with Gasteiger partial charge in [0.1, 0.15) is 0 Å². The molecule has 0 saturated carbocycles. The average Bonchev–Trinajstić information content (AvgIpc) is 2.99. The molecule has 5 heteroatoms. The third-order valence-electron chi connectivity index (χ3n) is 3.72. The van der Waals surface area contributed by atoms with Gasteiger partial charge in [-0.05, 0) is 12.0 Å². The molecule has 0 amide bonds. The molecule has 1 aromatic carbocycles. The molecular formula is C15H21N3O2. The Hall–Kier alpha value is -1.69. The molecule has 1 heterocycles. The summed E-state index contributed by atoms with van der Waals surface area (Å²) in [6, 6.07) is 9.96. The summed E-state index contributed by atoms with van der Waals surface area (Å²) in [5, 5.41) is 29.2. The maximum atomic E-state index is 9.45. The summed E-state index contributed by atoms with van der Waals surface area (Å²) >= 11 is 0. The first-order chi connectivity index (χ1) is 9.74. The van der Waals surface area contributed by atoms with Gasteiger partial charge in [0.15, 0.2) is 0 Å². The number of nitrogens with one attached hydrogen (secondary N) is 2. The SMILES string of the molecule is CCC(CO)(CO)NCc1cn[nH]c1-c1ccccc1. The second-order valence-corrected chi connectivity index (χ2v) is 4.94. The molecule has 4 N–H and O–H groups in total. The first-order valence-electron chi connectivity index (χ1n) is 6.79. The van der Waals surface area contributed by atoms with Crippen LogP contribution in [0.25, 0.3) is 11.3 Å². The number of nitrogens with zero attached hydrogens (tertiary/aromatic N) is 1. The predicted octanol–water partition coefficient (Wildman–Crippen LogP) is 1.30. The van der Waals surface area contributed by atoms with Crippen molar-refractivity contribution < 1.29 is 10.2 Å². The van der Waals surface area contributed by atoms with Gasteiger partial charge >= 0.3 is 0 Å². The molecule has 1 aromatic heterocycles. The molecule has 0 aliphatic rings. The summed E-state index contributed by atoms with van der Waals surface area (Å²) in [5.74, 6) is 0. The number of hydrogen-bond acceptors (Lipinski definition) is 4. The third kappa shape index (κ3) is 3.07. The van der Waals surface area contributed by atoms with Gasteiger partial charge in [-0.2, -0.15) is 5.10 Å². The van der Waals surface area contributed by atoms with Gasteiger partial charge in [0.2, 0.25) is 0 Å². The topological polar surface area (TPSA) is 81.2 Å². The molecule has 2 rings (SSSR count). The summed E-state index contributed by atoms with van der Waals surface area (Å²) in [6.45, 7) is 2.28. The Labute approximate surface area is 118 Å².